The van der Waals surface area contributed by atoms with Gasteiger partial charge in [-0.05, 0) is 31.6 Å². The number of rotatable bonds is 14. The summed E-state index contributed by atoms with van der Waals surface area (Å²) in [7, 11) is 0. The van der Waals surface area contributed by atoms with Gasteiger partial charge >= 0.3 is 11.9 Å². The molecule has 0 spiro atoms. The Labute approximate surface area is 160 Å². The van der Waals surface area contributed by atoms with Gasteiger partial charge in [-0.2, -0.15) is 0 Å². The van der Waals surface area contributed by atoms with Crippen molar-refractivity contribution in [3.05, 3.63) is 0 Å². The Morgan fingerprint density at radius 3 is 1.77 bits per heavy atom. The minimum absolute atomic E-state index is 0.199. The topological polar surface area (TPSA) is 52.6 Å². The SMILES string of the molecule is CCCCCCCOC(=O)C1CCC(C)C1C(=O)OCCCCCCC. The molecule has 0 bridgehead atoms. The highest BCUT2D eigenvalue weighted by Gasteiger charge is 2.44. The minimum Gasteiger partial charge on any atom is -0.465 e. The molecule has 3 atom stereocenters. The standard InChI is InChI=1S/C22H40O4/c1-4-6-8-10-12-16-25-21(23)19-15-14-18(3)20(19)22(24)26-17-13-11-9-7-5-2/h18-20H,4-17H2,1-3H3. The van der Waals surface area contributed by atoms with Crippen LogP contribution < -0.4 is 0 Å². The maximum absolute atomic E-state index is 12.5. The fourth-order valence-electron chi connectivity index (χ4n) is 3.82. The highest BCUT2D eigenvalue weighted by Crippen LogP contribution is 2.38. The summed E-state index contributed by atoms with van der Waals surface area (Å²) in [4.78, 5) is 24.9. The molecule has 0 amide bonds. The minimum atomic E-state index is -0.321. The summed E-state index contributed by atoms with van der Waals surface area (Å²) >= 11 is 0. The van der Waals surface area contributed by atoms with Crippen molar-refractivity contribution in [3.63, 3.8) is 0 Å². The third-order valence-corrected chi connectivity index (χ3v) is 5.54. The van der Waals surface area contributed by atoms with Crippen molar-refractivity contribution in [2.45, 2.75) is 97.8 Å². The van der Waals surface area contributed by atoms with Crippen LogP contribution in [0.1, 0.15) is 97.8 Å². The van der Waals surface area contributed by atoms with Gasteiger partial charge in [0.15, 0.2) is 0 Å². The molecule has 0 aromatic rings. The molecule has 1 aliphatic carbocycles. The van der Waals surface area contributed by atoms with E-state index in [9.17, 15) is 9.59 Å². The molecule has 0 heterocycles. The number of unbranched alkanes of at least 4 members (excludes halogenated alkanes) is 8. The number of esters is 2. The Balaban J connectivity index is 2.30. The van der Waals surface area contributed by atoms with E-state index in [1.54, 1.807) is 0 Å². The van der Waals surface area contributed by atoms with Gasteiger partial charge in [-0.15, -0.1) is 0 Å². The Morgan fingerprint density at radius 1 is 0.731 bits per heavy atom. The van der Waals surface area contributed by atoms with Crippen LogP contribution in [0.4, 0.5) is 0 Å². The number of hydrogen-bond donors (Lipinski definition) is 0. The largest absolute Gasteiger partial charge is 0.465 e. The summed E-state index contributed by atoms with van der Waals surface area (Å²) in [5.74, 6) is -0.832. The first kappa shape index (κ1) is 23.0. The van der Waals surface area contributed by atoms with Crippen molar-refractivity contribution in [2.24, 2.45) is 17.8 Å². The third kappa shape index (κ3) is 8.55. The summed E-state index contributed by atoms with van der Waals surface area (Å²) in [6.45, 7) is 7.38. The lowest BCUT2D eigenvalue weighted by Crippen LogP contribution is -2.31. The van der Waals surface area contributed by atoms with Crippen LogP contribution in [-0.4, -0.2) is 25.2 Å². The Hall–Kier alpha value is -1.06. The molecule has 1 rings (SSSR count). The molecule has 1 saturated carbocycles. The number of hydrogen-bond acceptors (Lipinski definition) is 4. The van der Waals surface area contributed by atoms with Crippen molar-refractivity contribution in [3.8, 4) is 0 Å². The van der Waals surface area contributed by atoms with Crippen LogP contribution in [-0.2, 0) is 19.1 Å². The molecular weight excluding hydrogens is 328 g/mol. The van der Waals surface area contributed by atoms with E-state index in [-0.39, 0.29) is 29.7 Å². The average molecular weight is 369 g/mol. The lowest BCUT2D eigenvalue weighted by molar-refractivity contribution is -0.160. The van der Waals surface area contributed by atoms with Crippen LogP contribution in [0, 0.1) is 17.8 Å². The summed E-state index contributed by atoms with van der Waals surface area (Å²) in [5, 5.41) is 0. The van der Waals surface area contributed by atoms with Crippen molar-refractivity contribution in [2.75, 3.05) is 13.2 Å². The normalized spacial score (nSPS) is 22.3. The summed E-state index contributed by atoms with van der Waals surface area (Å²) in [6.07, 6.45) is 13.0. The van der Waals surface area contributed by atoms with E-state index >= 15 is 0 Å². The van der Waals surface area contributed by atoms with E-state index in [4.69, 9.17) is 9.47 Å². The van der Waals surface area contributed by atoms with E-state index < -0.39 is 0 Å². The second-order valence-corrected chi connectivity index (χ2v) is 7.85. The summed E-state index contributed by atoms with van der Waals surface area (Å²) in [5.41, 5.74) is 0. The number of carbonyl (C=O) groups excluding carboxylic acids is 2. The number of ether oxygens (including phenoxy) is 2. The quantitative estimate of drug-likeness (QED) is 0.292. The van der Waals surface area contributed by atoms with E-state index in [1.807, 2.05) is 6.92 Å². The lowest BCUT2D eigenvalue weighted by atomic mass is 9.90. The van der Waals surface area contributed by atoms with Crippen LogP contribution >= 0.6 is 0 Å². The summed E-state index contributed by atoms with van der Waals surface area (Å²) < 4.78 is 10.9. The van der Waals surface area contributed by atoms with Gasteiger partial charge in [-0.3, -0.25) is 9.59 Å². The predicted molar refractivity (Wildman–Crippen MR) is 105 cm³/mol. The maximum atomic E-state index is 12.5. The number of carbonyl (C=O) groups is 2. The molecular formula is C22H40O4. The third-order valence-electron chi connectivity index (χ3n) is 5.54. The van der Waals surface area contributed by atoms with Gasteiger partial charge in [0.2, 0.25) is 0 Å². The van der Waals surface area contributed by atoms with Crippen LogP contribution in [0.2, 0.25) is 0 Å². The van der Waals surface area contributed by atoms with Gasteiger partial charge in [0.1, 0.15) is 0 Å². The molecule has 4 heteroatoms. The van der Waals surface area contributed by atoms with Crippen LogP contribution in [0.15, 0.2) is 0 Å². The van der Waals surface area contributed by atoms with Gasteiger partial charge in [-0.25, -0.2) is 0 Å². The first-order chi connectivity index (χ1) is 12.6. The van der Waals surface area contributed by atoms with Crippen LogP contribution in [0.3, 0.4) is 0 Å². The second-order valence-electron chi connectivity index (χ2n) is 7.85. The van der Waals surface area contributed by atoms with Gasteiger partial charge in [0.05, 0.1) is 25.0 Å². The van der Waals surface area contributed by atoms with Gasteiger partial charge < -0.3 is 9.47 Å². The Kier molecular flexibility index (Phi) is 12.4. The Bertz CT molecular complexity index is 394. The molecule has 0 radical (unpaired) electrons. The fraction of sp³-hybridized carbons (Fsp3) is 0.909. The van der Waals surface area contributed by atoms with Crippen LogP contribution in [0.25, 0.3) is 0 Å². The van der Waals surface area contributed by atoms with Crippen molar-refractivity contribution < 1.29 is 19.1 Å². The van der Waals surface area contributed by atoms with Crippen molar-refractivity contribution >= 4 is 11.9 Å². The smallest absolute Gasteiger partial charge is 0.310 e. The fourth-order valence-corrected chi connectivity index (χ4v) is 3.82. The van der Waals surface area contributed by atoms with E-state index in [1.165, 1.54) is 38.5 Å². The molecule has 1 fully saturated rings. The zero-order valence-corrected chi connectivity index (χ0v) is 17.3. The molecule has 3 unspecified atom stereocenters. The maximum Gasteiger partial charge on any atom is 0.310 e. The molecule has 152 valence electrons. The highest BCUT2D eigenvalue weighted by atomic mass is 16.5. The van der Waals surface area contributed by atoms with Gasteiger partial charge in [0.25, 0.3) is 0 Å². The van der Waals surface area contributed by atoms with Crippen molar-refractivity contribution in [1.82, 2.24) is 0 Å². The van der Waals surface area contributed by atoms with E-state index in [0.717, 1.165) is 38.5 Å². The zero-order chi connectivity index (χ0) is 19.2. The van der Waals surface area contributed by atoms with Gasteiger partial charge in [-0.1, -0.05) is 72.1 Å². The molecule has 4 nitrogen and oxygen atoms in total. The molecule has 0 N–H and O–H groups in total. The first-order valence-corrected chi connectivity index (χ1v) is 10.9. The average Bonchev–Trinajstić information content (AvgIpc) is 3.02. The van der Waals surface area contributed by atoms with Crippen molar-refractivity contribution in [1.29, 1.82) is 0 Å². The molecule has 0 aromatic carbocycles. The zero-order valence-electron chi connectivity index (χ0n) is 17.3. The summed E-state index contributed by atoms with van der Waals surface area (Å²) in [6, 6.07) is 0. The first-order valence-electron chi connectivity index (χ1n) is 10.9. The molecule has 0 aromatic heterocycles. The van der Waals surface area contributed by atoms with Gasteiger partial charge in [0, 0.05) is 0 Å². The predicted octanol–water partition coefficient (Wildman–Crippen LogP) is 5.68. The lowest BCUT2D eigenvalue weighted by Gasteiger charge is -2.20. The monoisotopic (exact) mass is 368 g/mol. The molecule has 0 aliphatic heterocycles. The Morgan fingerprint density at radius 2 is 1.23 bits per heavy atom. The molecule has 1 aliphatic rings. The highest BCUT2D eigenvalue weighted by molar-refractivity contribution is 5.83. The second kappa shape index (κ2) is 14.1. The van der Waals surface area contributed by atoms with Crippen LogP contribution in [0.5, 0.6) is 0 Å². The van der Waals surface area contributed by atoms with E-state index in [0.29, 0.717) is 13.2 Å². The van der Waals surface area contributed by atoms with E-state index in [2.05, 4.69) is 13.8 Å². The molecule has 0 saturated heterocycles. The molecule has 26 heavy (non-hydrogen) atoms.